The van der Waals surface area contributed by atoms with Crippen molar-refractivity contribution < 1.29 is 16.8 Å². The van der Waals surface area contributed by atoms with E-state index in [9.17, 15) is 16.8 Å². The highest BCUT2D eigenvalue weighted by molar-refractivity contribution is 7.92. The molecule has 0 amide bonds. The Balaban J connectivity index is 2.06. The molecular weight excluding hydrogens is 398 g/mol. The summed E-state index contributed by atoms with van der Waals surface area (Å²) < 4.78 is 50.5. The zero-order valence-electron chi connectivity index (χ0n) is 15.9. The van der Waals surface area contributed by atoms with Crippen molar-refractivity contribution >= 4 is 20.0 Å². The molecule has 28 heavy (non-hydrogen) atoms. The molecule has 0 aliphatic rings. The number of nitrogens with one attached hydrogen (secondary N) is 1. The van der Waals surface area contributed by atoms with Gasteiger partial charge in [0.1, 0.15) is 15.5 Å². The predicted octanol–water partition coefficient (Wildman–Crippen LogP) is 1.65. The van der Waals surface area contributed by atoms with Crippen LogP contribution < -0.4 is 9.86 Å². The summed E-state index contributed by atoms with van der Waals surface area (Å²) >= 11 is 0. The number of benzene rings is 1. The van der Waals surface area contributed by atoms with E-state index >= 15 is 0 Å². The molecule has 1 heterocycles. The Morgan fingerprint density at radius 3 is 2.21 bits per heavy atom. The summed E-state index contributed by atoms with van der Waals surface area (Å²) in [4.78, 5) is 3.44. The highest BCUT2D eigenvalue weighted by Crippen LogP contribution is 2.19. The molecule has 1 aromatic heterocycles. The van der Waals surface area contributed by atoms with Crippen LogP contribution in [-0.4, -0.2) is 28.4 Å². The Morgan fingerprint density at radius 2 is 1.68 bits per heavy atom. The van der Waals surface area contributed by atoms with E-state index in [1.807, 2.05) is 26.8 Å². The molecule has 9 heteroatoms. The van der Waals surface area contributed by atoms with E-state index in [1.54, 1.807) is 12.3 Å². The smallest absolute Gasteiger partial charge is 0.241 e. The first-order chi connectivity index (χ1) is 12.9. The monoisotopic (exact) mass is 421 g/mol. The second-order valence-corrected chi connectivity index (χ2v) is 10.5. The predicted molar refractivity (Wildman–Crippen MR) is 107 cm³/mol. The Hall–Kier alpha value is -2.25. The molecule has 2 rings (SSSR count). The molecule has 1 aromatic carbocycles. The van der Waals surface area contributed by atoms with E-state index in [4.69, 9.17) is 5.14 Å². The summed E-state index contributed by atoms with van der Waals surface area (Å²) in [5.74, 6) is 6.09. The maximum Gasteiger partial charge on any atom is 0.241 e. The van der Waals surface area contributed by atoms with Crippen LogP contribution >= 0.6 is 0 Å². The molecule has 150 valence electrons. The lowest BCUT2D eigenvalue weighted by Crippen LogP contribution is -2.28. The first-order valence-electron chi connectivity index (χ1n) is 8.48. The van der Waals surface area contributed by atoms with Gasteiger partial charge in [0.25, 0.3) is 0 Å². The van der Waals surface area contributed by atoms with Crippen molar-refractivity contribution in [1.29, 1.82) is 0 Å². The van der Waals surface area contributed by atoms with Gasteiger partial charge in [-0.05, 0) is 56.9 Å². The third kappa shape index (κ3) is 6.42. The van der Waals surface area contributed by atoms with Crippen LogP contribution in [0, 0.1) is 17.3 Å². The van der Waals surface area contributed by atoms with Crippen molar-refractivity contribution in [1.82, 2.24) is 9.71 Å². The first-order valence-corrected chi connectivity index (χ1v) is 11.5. The van der Waals surface area contributed by atoms with E-state index in [1.165, 1.54) is 18.2 Å². The number of sulfonamides is 2. The van der Waals surface area contributed by atoms with Gasteiger partial charge in [0.05, 0.1) is 0 Å². The number of pyridine rings is 1. The quantitative estimate of drug-likeness (QED) is 0.687. The average Bonchev–Trinajstić information content (AvgIpc) is 2.59. The summed E-state index contributed by atoms with van der Waals surface area (Å²) in [7, 11) is -8.19. The minimum absolute atomic E-state index is 0.0793. The second-order valence-electron chi connectivity index (χ2n) is 7.19. The maximum absolute atomic E-state index is 12.5. The Morgan fingerprint density at radius 1 is 1.04 bits per heavy atom. The molecule has 0 bridgehead atoms. The highest BCUT2D eigenvalue weighted by atomic mass is 32.2. The van der Waals surface area contributed by atoms with Gasteiger partial charge < -0.3 is 0 Å². The second kappa shape index (κ2) is 8.41. The standard InChI is InChI=1S/C19H23N3O4S2/c1-19(2,3)12-10-16-9-8-15(14-21-16)11-13-22-28(25,26)18-7-5-4-6-17(18)27(20,23)24/h4-9,14,22H,11,13H2,1-3H3,(H2,20,23,24). The van der Waals surface area contributed by atoms with Gasteiger partial charge in [-0.2, -0.15) is 0 Å². The summed E-state index contributed by atoms with van der Waals surface area (Å²) in [5.41, 5.74) is 1.34. The van der Waals surface area contributed by atoms with Crippen molar-refractivity contribution in [3.05, 3.63) is 53.9 Å². The molecule has 0 spiro atoms. The first kappa shape index (κ1) is 22.0. The number of rotatable bonds is 6. The summed E-state index contributed by atoms with van der Waals surface area (Å²) in [6, 6.07) is 8.81. The zero-order chi connectivity index (χ0) is 21.0. The molecule has 0 saturated heterocycles. The number of hydrogen-bond donors (Lipinski definition) is 2. The van der Waals surface area contributed by atoms with Crippen LogP contribution in [0.2, 0.25) is 0 Å². The van der Waals surface area contributed by atoms with E-state index < -0.39 is 24.9 Å². The number of primary sulfonamides is 1. The van der Waals surface area contributed by atoms with Gasteiger partial charge >= 0.3 is 0 Å². The van der Waals surface area contributed by atoms with Gasteiger partial charge in [0.15, 0.2) is 0 Å². The van der Waals surface area contributed by atoms with E-state index in [0.29, 0.717) is 12.1 Å². The van der Waals surface area contributed by atoms with Gasteiger partial charge in [0, 0.05) is 18.2 Å². The highest BCUT2D eigenvalue weighted by Gasteiger charge is 2.23. The lowest BCUT2D eigenvalue weighted by Gasteiger charge is -2.10. The Kier molecular flexibility index (Phi) is 6.62. The van der Waals surface area contributed by atoms with Crippen molar-refractivity contribution in [2.75, 3.05) is 6.54 Å². The Bertz CT molecular complexity index is 1110. The zero-order valence-corrected chi connectivity index (χ0v) is 17.6. The molecule has 2 aromatic rings. The summed E-state index contributed by atoms with van der Waals surface area (Å²) in [6.45, 7) is 6.10. The van der Waals surface area contributed by atoms with Gasteiger partial charge in [-0.1, -0.05) is 24.1 Å². The van der Waals surface area contributed by atoms with E-state index in [2.05, 4.69) is 21.5 Å². The largest absolute Gasteiger partial charge is 0.248 e. The normalized spacial score (nSPS) is 12.3. The molecule has 3 N–H and O–H groups in total. The van der Waals surface area contributed by atoms with E-state index in [0.717, 1.165) is 11.6 Å². The van der Waals surface area contributed by atoms with Crippen LogP contribution in [-0.2, 0) is 26.5 Å². The topological polar surface area (TPSA) is 119 Å². The average molecular weight is 422 g/mol. The third-order valence-corrected chi connectivity index (χ3v) is 6.16. The van der Waals surface area contributed by atoms with Gasteiger partial charge in [0.2, 0.25) is 20.0 Å². The molecule has 0 aliphatic carbocycles. The number of aromatic nitrogens is 1. The Labute approximate surface area is 166 Å². The van der Waals surface area contributed by atoms with Gasteiger partial charge in [-0.25, -0.2) is 31.7 Å². The summed E-state index contributed by atoms with van der Waals surface area (Å²) in [6.07, 6.45) is 2.02. The van der Waals surface area contributed by atoms with Crippen LogP contribution in [0.5, 0.6) is 0 Å². The van der Waals surface area contributed by atoms with Crippen LogP contribution in [0.3, 0.4) is 0 Å². The van der Waals surface area contributed by atoms with Crippen LogP contribution in [0.15, 0.2) is 52.4 Å². The van der Waals surface area contributed by atoms with Crippen LogP contribution in [0.4, 0.5) is 0 Å². The van der Waals surface area contributed by atoms with Crippen molar-refractivity contribution in [2.45, 2.75) is 37.0 Å². The minimum atomic E-state index is -4.16. The molecule has 0 atom stereocenters. The molecule has 0 aliphatic heterocycles. The van der Waals surface area contributed by atoms with Gasteiger partial charge in [-0.3, -0.25) is 0 Å². The number of hydrogen-bond acceptors (Lipinski definition) is 5. The molecular formula is C19H23N3O4S2. The van der Waals surface area contributed by atoms with Crippen LogP contribution in [0.25, 0.3) is 0 Å². The number of nitrogens with zero attached hydrogens (tertiary/aromatic N) is 1. The van der Waals surface area contributed by atoms with Gasteiger partial charge in [-0.15, -0.1) is 0 Å². The van der Waals surface area contributed by atoms with Crippen molar-refractivity contribution in [3.8, 4) is 11.8 Å². The molecule has 0 fully saturated rings. The fraction of sp³-hybridized carbons (Fsp3) is 0.316. The third-order valence-electron chi connectivity index (χ3n) is 3.54. The SMILES string of the molecule is CC(C)(C)C#Cc1ccc(CCNS(=O)(=O)c2ccccc2S(N)(=O)=O)cn1. The molecule has 0 radical (unpaired) electrons. The van der Waals surface area contributed by atoms with Crippen molar-refractivity contribution in [2.24, 2.45) is 10.6 Å². The summed E-state index contributed by atoms with van der Waals surface area (Å²) in [5, 5.41) is 5.10. The van der Waals surface area contributed by atoms with Crippen molar-refractivity contribution in [3.63, 3.8) is 0 Å². The fourth-order valence-corrected chi connectivity index (χ4v) is 4.62. The lowest BCUT2D eigenvalue weighted by atomic mass is 9.98. The minimum Gasteiger partial charge on any atom is -0.248 e. The number of nitrogens with two attached hydrogens (primary N) is 1. The molecule has 0 saturated carbocycles. The van der Waals surface area contributed by atoms with Crippen LogP contribution in [0.1, 0.15) is 32.0 Å². The molecule has 0 unspecified atom stereocenters. The lowest BCUT2D eigenvalue weighted by molar-refractivity contribution is 0.571. The molecule has 7 nitrogen and oxygen atoms in total. The van der Waals surface area contributed by atoms with E-state index in [-0.39, 0.29) is 16.9 Å². The maximum atomic E-state index is 12.5. The fourth-order valence-electron chi connectivity index (χ4n) is 2.21.